The number of nitrogens with one attached hydrogen (secondary N) is 1. The summed E-state index contributed by atoms with van der Waals surface area (Å²) in [6.45, 7) is 5.77. The summed E-state index contributed by atoms with van der Waals surface area (Å²) in [6, 6.07) is 5.07. The number of rotatable bonds is 4. The lowest BCUT2D eigenvalue weighted by Gasteiger charge is -2.19. The third-order valence-corrected chi connectivity index (χ3v) is 2.28. The molecule has 0 aliphatic carbocycles. The van der Waals surface area contributed by atoms with Crippen molar-refractivity contribution >= 4 is 12.2 Å². The van der Waals surface area contributed by atoms with Gasteiger partial charge in [-0.25, -0.2) is 4.79 Å². The molecule has 20 heavy (non-hydrogen) atoms. The molecule has 1 aromatic rings. The van der Waals surface area contributed by atoms with Crippen LogP contribution in [0, 0.1) is 0 Å². The van der Waals surface area contributed by atoms with Gasteiger partial charge < -0.3 is 19.9 Å². The number of carbonyl (C=O) groups excluding carboxylic acids is 1. The highest BCUT2D eigenvalue weighted by molar-refractivity contribution is 5.68. The van der Waals surface area contributed by atoms with Gasteiger partial charge in [0.05, 0.1) is 7.11 Å². The van der Waals surface area contributed by atoms with Crippen LogP contribution >= 0.6 is 0 Å². The van der Waals surface area contributed by atoms with Crippen molar-refractivity contribution in [3.8, 4) is 11.5 Å². The quantitative estimate of drug-likeness (QED) is 0.889. The molecular formula is C15H21NO4. The number of phenolic OH excluding ortho intramolecular Hbond substituents is 1. The van der Waals surface area contributed by atoms with Crippen molar-refractivity contribution in [2.45, 2.75) is 26.4 Å². The van der Waals surface area contributed by atoms with Gasteiger partial charge in [0.2, 0.25) is 0 Å². The first-order valence-corrected chi connectivity index (χ1v) is 6.32. The van der Waals surface area contributed by atoms with E-state index < -0.39 is 11.7 Å². The lowest BCUT2D eigenvalue weighted by Crippen LogP contribution is -2.32. The molecule has 1 aromatic carbocycles. The second-order valence-electron chi connectivity index (χ2n) is 5.22. The lowest BCUT2D eigenvalue weighted by molar-refractivity contribution is 0.0534. The van der Waals surface area contributed by atoms with Crippen LogP contribution in [-0.2, 0) is 4.74 Å². The third-order valence-electron chi connectivity index (χ3n) is 2.28. The molecule has 0 spiro atoms. The number of carbonyl (C=O) groups is 1. The summed E-state index contributed by atoms with van der Waals surface area (Å²) < 4.78 is 10.1. The normalized spacial score (nSPS) is 11.4. The summed E-state index contributed by atoms with van der Waals surface area (Å²) >= 11 is 0. The zero-order valence-electron chi connectivity index (χ0n) is 12.3. The number of methoxy groups -OCH3 is 1. The standard InChI is InChI=1S/C15H21NO4/c1-15(2,3)20-14(18)16-9-5-6-11-7-8-13(19-4)12(17)10-11/h5-8,10,17H,9H2,1-4H3,(H,16,18). The molecule has 110 valence electrons. The number of hydrogen-bond donors (Lipinski definition) is 2. The molecule has 5 nitrogen and oxygen atoms in total. The molecular weight excluding hydrogens is 258 g/mol. The smallest absolute Gasteiger partial charge is 0.407 e. The van der Waals surface area contributed by atoms with Gasteiger partial charge in [0.1, 0.15) is 5.60 Å². The van der Waals surface area contributed by atoms with Crippen LogP contribution in [0.3, 0.4) is 0 Å². The summed E-state index contributed by atoms with van der Waals surface area (Å²) in [5.74, 6) is 0.504. The zero-order chi connectivity index (χ0) is 15.2. The summed E-state index contributed by atoms with van der Waals surface area (Å²) in [5, 5.41) is 12.2. The third kappa shape index (κ3) is 5.65. The van der Waals surface area contributed by atoms with Crippen molar-refractivity contribution in [2.24, 2.45) is 0 Å². The number of phenols is 1. The van der Waals surface area contributed by atoms with Crippen LogP contribution in [0.15, 0.2) is 24.3 Å². The first-order valence-electron chi connectivity index (χ1n) is 6.32. The summed E-state index contributed by atoms with van der Waals surface area (Å²) in [4.78, 5) is 11.4. The molecule has 0 saturated heterocycles. The Bertz CT molecular complexity index is 489. The van der Waals surface area contributed by atoms with E-state index in [2.05, 4.69) is 5.32 Å². The fourth-order valence-electron chi connectivity index (χ4n) is 1.46. The van der Waals surface area contributed by atoms with Gasteiger partial charge in [0.25, 0.3) is 0 Å². The highest BCUT2D eigenvalue weighted by Gasteiger charge is 2.14. The van der Waals surface area contributed by atoms with Crippen molar-refractivity contribution in [1.82, 2.24) is 5.32 Å². The van der Waals surface area contributed by atoms with Crippen LogP contribution in [-0.4, -0.2) is 30.5 Å². The number of alkyl carbamates (subject to hydrolysis) is 1. The van der Waals surface area contributed by atoms with E-state index in [-0.39, 0.29) is 5.75 Å². The van der Waals surface area contributed by atoms with Gasteiger partial charge in [-0.05, 0) is 38.5 Å². The number of hydrogen-bond acceptors (Lipinski definition) is 4. The first kappa shape index (κ1) is 15.9. The van der Waals surface area contributed by atoms with E-state index in [1.807, 2.05) is 26.8 Å². The number of aromatic hydroxyl groups is 1. The van der Waals surface area contributed by atoms with E-state index in [1.54, 1.807) is 24.3 Å². The minimum atomic E-state index is -0.504. The Morgan fingerprint density at radius 3 is 2.65 bits per heavy atom. The Balaban J connectivity index is 2.46. The van der Waals surface area contributed by atoms with Crippen LogP contribution in [0.5, 0.6) is 11.5 Å². The minimum Gasteiger partial charge on any atom is -0.504 e. The van der Waals surface area contributed by atoms with Crippen molar-refractivity contribution in [3.63, 3.8) is 0 Å². The Labute approximate surface area is 119 Å². The molecule has 0 fully saturated rings. The van der Waals surface area contributed by atoms with Gasteiger partial charge in [-0.1, -0.05) is 18.2 Å². The predicted octanol–water partition coefficient (Wildman–Crippen LogP) is 2.94. The molecule has 0 radical (unpaired) electrons. The average molecular weight is 279 g/mol. The van der Waals surface area contributed by atoms with E-state index in [9.17, 15) is 9.90 Å². The van der Waals surface area contributed by atoms with Gasteiger partial charge in [-0.15, -0.1) is 0 Å². The Hall–Kier alpha value is -2.17. The molecule has 0 aromatic heterocycles. The first-order chi connectivity index (χ1) is 9.31. The maximum absolute atomic E-state index is 11.4. The zero-order valence-corrected chi connectivity index (χ0v) is 12.3. The Kier molecular flexibility index (Phi) is 5.43. The van der Waals surface area contributed by atoms with Crippen LogP contribution in [0.25, 0.3) is 6.08 Å². The maximum atomic E-state index is 11.4. The van der Waals surface area contributed by atoms with Crippen molar-refractivity contribution < 1.29 is 19.4 Å². The van der Waals surface area contributed by atoms with E-state index in [0.717, 1.165) is 5.56 Å². The van der Waals surface area contributed by atoms with Crippen LogP contribution < -0.4 is 10.1 Å². The van der Waals surface area contributed by atoms with Crippen molar-refractivity contribution in [1.29, 1.82) is 0 Å². The number of ether oxygens (including phenoxy) is 2. The highest BCUT2D eigenvalue weighted by Crippen LogP contribution is 2.26. The molecule has 0 atom stereocenters. The lowest BCUT2D eigenvalue weighted by atomic mass is 10.2. The van der Waals surface area contributed by atoms with E-state index in [1.165, 1.54) is 7.11 Å². The molecule has 5 heteroatoms. The van der Waals surface area contributed by atoms with Crippen LogP contribution in [0.4, 0.5) is 4.79 Å². The van der Waals surface area contributed by atoms with Crippen molar-refractivity contribution in [3.05, 3.63) is 29.8 Å². The van der Waals surface area contributed by atoms with E-state index in [0.29, 0.717) is 12.3 Å². The Morgan fingerprint density at radius 1 is 1.40 bits per heavy atom. The summed E-state index contributed by atoms with van der Waals surface area (Å²) in [5.41, 5.74) is 0.310. The molecule has 2 N–H and O–H groups in total. The van der Waals surface area contributed by atoms with E-state index in [4.69, 9.17) is 9.47 Å². The van der Waals surface area contributed by atoms with Gasteiger partial charge in [0.15, 0.2) is 11.5 Å². The molecule has 0 heterocycles. The van der Waals surface area contributed by atoms with Gasteiger partial charge in [-0.2, -0.15) is 0 Å². The topological polar surface area (TPSA) is 67.8 Å². The van der Waals surface area contributed by atoms with Gasteiger partial charge in [0, 0.05) is 6.54 Å². The monoisotopic (exact) mass is 279 g/mol. The number of amides is 1. The van der Waals surface area contributed by atoms with Crippen molar-refractivity contribution in [2.75, 3.05) is 13.7 Å². The number of benzene rings is 1. The maximum Gasteiger partial charge on any atom is 0.407 e. The highest BCUT2D eigenvalue weighted by atomic mass is 16.6. The van der Waals surface area contributed by atoms with E-state index >= 15 is 0 Å². The van der Waals surface area contributed by atoms with Gasteiger partial charge >= 0.3 is 6.09 Å². The SMILES string of the molecule is COc1ccc(C=CCNC(=O)OC(C)(C)C)cc1O. The molecule has 0 aliphatic rings. The molecule has 0 aliphatic heterocycles. The van der Waals surface area contributed by atoms with Gasteiger partial charge in [-0.3, -0.25) is 0 Å². The fourth-order valence-corrected chi connectivity index (χ4v) is 1.46. The second-order valence-corrected chi connectivity index (χ2v) is 5.22. The molecule has 0 bridgehead atoms. The summed E-state index contributed by atoms with van der Waals surface area (Å²) in [6.07, 6.45) is 3.10. The predicted molar refractivity (Wildman–Crippen MR) is 77.9 cm³/mol. The summed E-state index contributed by atoms with van der Waals surface area (Å²) in [7, 11) is 1.50. The molecule has 1 amide bonds. The second kappa shape index (κ2) is 6.84. The molecule has 1 rings (SSSR count). The minimum absolute atomic E-state index is 0.0785. The molecule has 0 saturated carbocycles. The van der Waals surface area contributed by atoms with Crippen LogP contribution in [0.2, 0.25) is 0 Å². The van der Waals surface area contributed by atoms with Crippen LogP contribution in [0.1, 0.15) is 26.3 Å². The average Bonchev–Trinajstić information content (AvgIpc) is 2.33. The largest absolute Gasteiger partial charge is 0.504 e. The Morgan fingerprint density at radius 2 is 2.10 bits per heavy atom. The fraction of sp³-hybridized carbons (Fsp3) is 0.400. The molecule has 0 unspecified atom stereocenters.